The van der Waals surface area contributed by atoms with Gasteiger partial charge in [-0.2, -0.15) is 0 Å². The Bertz CT molecular complexity index is 952. The molecular weight excluding hydrogens is 298 g/mol. The Morgan fingerprint density at radius 3 is 2.36 bits per heavy atom. The van der Waals surface area contributed by atoms with Crippen molar-refractivity contribution in [3.8, 4) is 0 Å². The fraction of sp³-hybridized carbons (Fsp3) is 0. The molecule has 0 aliphatic heterocycles. The molecule has 0 aliphatic carbocycles. The number of hydrogen-bond acceptors (Lipinski definition) is 4. The first-order valence-electron chi connectivity index (χ1n) is 6.54. The summed E-state index contributed by atoms with van der Waals surface area (Å²) in [5.41, 5.74) is 1.59. The maximum absolute atomic E-state index is 11.7. The highest BCUT2D eigenvalue weighted by molar-refractivity contribution is 7.89. The van der Waals surface area contributed by atoms with Gasteiger partial charge in [-0.1, -0.05) is 24.3 Å². The maximum atomic E-state index is 11.7. The average molecular weight is 311 g/mol. The predicted octanol–water partition coefficient (Wildman–Crippen LogP) is 2.63. The van der Waals surface area contributed by atoms with Crippen LogP contribution < -0.4 is 5.14 Å². The fourth-order valence-electron chi connectivity index (χ4n) is 2.22. The van der Waals surface area contributed by atoms with Crippen LogP contribution in [-0.2, 0) is 10.0 Å². The molecule has 0 bridgehead atoms. The van der Waals surface area contributed by atoms with Gasteiger partial charge in [-0.05, 0) is 29.8 Å². The van der Waals surface area contributed by atoms with Crippen molar-refractivity contribution in [3.63, 3.8) is 0 Å². The number of aliphatic imine (C=N–C) groups is 1. The van der Waals surface area contributed by atoms with Crippen LogP contribution in [0.2, 0.25) is 0 Å². The predicted molar refractivity (Wildman–Crippen MR) is 86.8 cm³/mol. The molecule has 6 heteroatoms. The van der Waals surface area contributed by atoms with Crippen molar-refractivity contribution in [3.05, 3.63) is 66.5 Å². The number of nitrogens with two attached hydrogens (primary N) is 1. The van der Waals surface area contributed by atoms with E-state index in [0.717, 1.165) is 10.9 Å². The summed E-state index contributed by atoms with van der Waals surface area (Å²) in [5, 5.41) is 6.56. The first-order chi connectivity index (χ1) is 10.6. The number of sulfonamides is 1. The molecule has 0 saturated heterocycles. The van der Waals surface area contributed by atoms with E-state index in [1.54, 1.807) is 36.8 Å². The molecule has 3 aromatic rings. The minimum atomic E-state index is -3.77. The van der Waals surface area contributed by atoms with E-state index in [1.165, 1.54) is 6.07 Å². The van der Waals surface area contributed by atoms with Gasteiger partial charge in [0, 0.05) is 29.4 Å². The average Bonchev–Trinajstić information content (AvgIpc) is 2.52. The lowest BCUT2D eigenvalue weighted by Crippen LogP contribution is -2.12. The third-order valence-electron chi connectivity index (χ3n) is 3.22. The van der Waals surface area contributed by atoms with E-state index >= 15 is 0 Å². The van der Waals surface area contributed by atoms with Gasteiger partial charge in [0.2, 0.25) is 10.0 Å². The van der Waals surface area contributed by atoms with Crippen molar-refractivity contribution < 1.29 is 8.42 Å². The number of primary sulfonamides is 1. The van der Waals surface area contributed by atoms with Crippen molar-refractivity contribution in [2.75, 3.05) is 0 Å². The summed E-state index contributed by atoms with van der Waals surface area (Å²) in [6.45, 7) is 0. The summed E-state index contributed by atoms with van der Waals surface area (Å²) in [7, 11) is -3.77. The van der Waals surface area contributed by atoms with Crippen molar-refractivity contribution in [1.29, 1.82) is 0 Å². The van der Waals surface area contributed by atoms with Gasteiger partial charge in [0.05, 0.1) is 10.6 Å². The summed E-state index contributed by atoms with van der Waals surface area (Å²) >= 11 is 0. The highest BCUT2D eigenvalue weighted by Crippen LogP contribution is 2.29. The molecule has 0 spiro atoms. The van der Waals surface area contributed by atoms with Crippen LogP contribution >= 0.6 is 0 Å². The molecule has 5 nitrogen and oxygen atoms in total. The normalized spacial score (nSPS) is 12.0. The summed E-state index contributed by atoms with van der Waals surface area (Å²) in [6.07, 6.45) is 5.08. The first kappa shape index (κ1) is 14.4. The van der Waals surface area contributed by atoms with E-state index in [4.69, 9.17) is 5.14 Å². The molecule has 22 heavy (non-hydrogen) atoms. The molecular formula is C16H13N3O2S. The highest BCUT2D eigenvalue weighted by Gasteiger charge is 2.12. The summed E-state index contributed by atoms with van der Waals surface area (Å²) in [4.78, 5) is 8.49. The second-order valence-electron chi connectivity index (χ2n) is 4.71. The lowest BCUT2D eigenvalue weighted by Gasteiger charge is -2.06. The van der Waals surface area contributed by atoms with Crippen molar-refractivity contribution in [1.82, 2.24) is 4.98 Å². The zero-order chi connectivity index (χ0) is 15.6. The number of rotatable bonds is 3. The zero-order valence-electron chi connectivity index (χ0n) is 11.5. The van der Waals surface area contributed by atoms with E-state index in [-0.39, 0.29) is 4.90 Å². The number of hydrogen-bond donors (Lipinski definition) is 1. The number of aromatic nitrogens is 1. The van der Waals surface area contributed by atoms with Crippen LogP contribution in [0, 0.1) is 0 Å². The number of pyridine rings is 1. The fourth-order valence-corrected chi connectivity index (χ4v) is 2.97. The van der Waals surface area contributed by atoms with Crippen LogP contribution in [0.4, 0.5) is 5.69 Å². The maximum Gasteiger partial charge on any atom is 0.238 e. The summed E-state index contributed by atoms with van der Waals surface area (Å²) in [6, 6.07) is 14.0. The van der Waals surface area contributed by atoms with Gasteiger partial charge in [-0.3, -0.25) is 9.98 Å². The van der Waals surface area contributed by atoms with E-state index < -0.39 is 10.0 Å². The first-order valence-corrected chi connectivity index (χ1v) is 8.09. The number of fused-ring (bicyclic) bond motifs is 1. The monoisotopic (exact) mass is 311 g/mol. The minimum absolute atomic E-state index is 0.103. The Labute approximate surface area is 128 Å². The number of benzene rings is 2. The van der Waals surface area contributed by atoms with Gasteiger partial charge in [0.15, 0.2) is 0 Å². The molecule has 0 fully saturated rings. The molecule has 0 unspecified atom stereocenters. The van der Waals surface area contributed by atoms with E-state index in [0.29, 0.717) is 11.1 Å². The van der Waals surface area contributed by atoms with E-state index in [2.05, 4.69) is 9.98 Å². The molecule has 1 aromatic heterocycles. The second-order valence-corrected chi connectivity index (χ2v) is 6.24. The zero-order valence-corrected chi connectivity index (χ0v) is 12.4. The molecule has 0 radical (unpaired) electrons. The van der Waals surface area contributed by atoms with Crippen LogP contribution in [0.15, 0.2) is 70.8 Å². The SMILES string of the molecule is NS(=O)(=O)c1cccc2c(N=Cc3ccncc3)cccc12. The molecule has 0 saturated carbocycles. The Morgan fingerprint density at radius 1 is 0.955 bits per heavy atom. The molecule has 2 N–H and O–H groups in total. The van der Waals surface area contributed by atoms with Gasteiger partial charge >= 0.3 is 0 Å². The molecule has 0 aliphatic rings. The van der Waals surface area contributed by atoms with E-state index in [1.807, 2.05) is 24.3 Å². The van der Waals surface area contributed by atoms with Gasteiger partial charge in [-0.15, -0.1) is 0 Å². The van der Waals surface area contributed by atoms with Gasteiger partial charge in [-0.25, -0.2) is 13.6 Å². The molecule has 1 heterocycles. The minimum Gasteiger partial charge on any atom is -0.265 e. The number of nitrogens with zero attached hydrogens (tertiary/aromatic N) is 2. The van der Waals surface area contributed by atoms with Crippen LogP contribution in [0.5, 0.6) is 0 Å². The van der Waals surface area contributed by atoms with E-state index in [9.17, 15) is 8.42 Å². The van der Waals surface area contributed by atoms with Crippen molar-refractivity contribution in [2.24, 2.45) is 10.1 Å². The molecule has 2 aromatic carbocycles. The van der Waals surface area contributed by atoms with Crippen LogP contribution in [0.1, 0.15) is 5.56 Å². The lowest BCUT2D eigenvalue weighted by atomic mass is 10.1. The molecule has 110 valence electrons. The van der Waals surface area contributed by atoms with Crippen LogP contribution in [0.3, 0.4) is 0 Å². The van der Waals surface area contributed by atoms with Crippen molar-refractivity contribution in [2.45, 2.75) is 4.90 Å². The molecule has 3 rings (SSSR count). The van der Waals surface area contributed by atoms with Crippen LogP contribution in [-0.4, -0.2) is 19.6 Å². The summed E-state index contributed by atoms with van der Waals surface area (Å²) < 4.78 is 23.3. The third-order valence-corrected chi connectivity index (χ3v) is 4.19. The largest absolute Gasteiger partial charge is 0.265 e. The lowest BCUT2D eigenvalue weighted by molar-refractivity contribution is 0.598. The Hall–Kier alpha value is -2.57. The Morgan fingerprint density at radius 2 is 1.64 bits per heavy atom. The molecule has 0 atom stereocenters. The van der Waals surface area contributed by atoms with Crippen LogP contribution in [0.25, 0.3) is 10.8 Å². The smallest absolute Gasteiger partial charge is 0.238 e. The molecule has 0 amide bonds. The Kier molecular flexibility index (Phi) is 3.70. The standard InChI is InChI=1S/C16H13N3O2S/c17-22(20,21)16-6-2-3-13-14(16)4-1-5-15(13)19-11-12-7-9-18-10-8-12/h1-11H,(H2,17,20,21). The summed E-state index contributed by atoms with van der Waals surface area (Å²) in [5.74, 6) is 0. The quantitative estimate of drug-likeness (QED) is 0.754. The highest BCUT2D eigenvalue weighted by atomic mass is 32.2. The van der Waals surface area contributed by atoms with Gasteiger partial charge < -0.3 is 0 Å². The van der Waals surface area contributed by atoms with Gasteiger partial charge in [0.25, 0.3) is 0 Å². The topological polar surface area (TPSA) is 85.4 Å². The van der Waals surface area contributed by atoms with Gasteiger partial charge in [0.1, 0.15) is 0 Å². The second kappa shape index (κ2) is 5.67. The third kappa shape index (κ3) is 2.88. The Balaban J connectivity index is 2.14. The van der Waals surface area contributed by atoms with Crippen molar-refractivity contribution >= 4 is 32.7 Å².